The molecule has 3 nitrogen and oxygen atoms in total. The van der Waals surface area contributed by atoms with Gasteiger partial charge in [-0.3, -0.25) is 0 Å². The van der Waals surface area contributed by atoms with Gasteiger partial charge < -0.3 is 4.74 Å². The highest BCUT2D eigenvalue weighted by Crippen LogP contribution is 1.84. The van der Waals surface area contributed by atoms with Crippen molar-refractivity contribution in [1.82, 2.24) is 0 Å². The molecule has 0 N–H and O–H groups in total. The fraction of sp³-hybridized carbons (Fsp3) is 0.429. The number of methoxy groups -OCH3 is 1. The highest BCUT2D eigenvalue weighted by atomic mass is 16.5. The van der Waals surface area contributed by atoms with Gasteiger partial charge in [0.15, 0.2) is 6.54 Å². The van der Waals surface area contributed by atoms with Crippen LogP contribution in [0.25, 0.3) is 0 Å². The van der Waals surface area contributed by atoms with Crippen LogP contribution in [-0.4, -0.2) is 31.0 Å². The summed E-state index contributed by atoms with van der Waals surface area (Å²) in [4.78, 5) is 10.6. The summed E-state index contributed by atoms with van der Waals surface area (Å²) in [6.45, 7) is 7.52. The van der Waals surface area contributed by atoms with E-state index in [9.17, 15) is 4.79 Å². The smallest absolute Gasteiger partial charge is 0.415 e. The molecule has 0 fully saturated rings. The summed E-state index contributed by atoms with van der Waals surface area (Å²) in [5, 5.41) is 0. The van der Waals surface area contributed by atoms with Crippen LogP contribution in [0, 0.1) is 0 Å². The first-order chi connectivity index (χ1) is 4.72. The Balaban J connectivity index is 3.62. The van der Waals surface area contributed by atoms with Gasteiger partial charge in [-0.15, -0.1) is 11.2 Å². The van der Waals surface area contributed by atoms with E-state index in [-0.39, 0.29) is 0 Å². The summed E-state index contributed by atoms with van der Waals surface area (Å²) in [6, 6.07) is 0. The Bertz CT molecular complexity index is 152. The van der Waals surface area contributed by atoms with Gasteiger partial charge in [-0.1, -0.05) is 6.08 Å². The van der Waals surface area contributed by atoms with Crippen LogP contribution in [0.15, 0.2) is 12.7 Å². The molecule has 10 heavy (non-hydrogen) atoms. The molecule has 0 rings (SSSR count). The zero-order valence-electron chi connectivity index (χ0n) is 6.17. The summed E-state index contributed by atoms with van der Waals surface area (Å²) < 4.78 is 5.65. The lowest BCUT2D eigenvalue weighted by atomic mass is 10.4. The predicted molar refractivity (Wildman–Crippen MR) is 39.5 cm³/mol. The molecular weight excluding hydrogens is 130 g/mol. The molecule has 0 bridgehead atoms. The van der Waals surface area contributed by atoms with Crippen molar-refractivity contribution in [1.29, 1.82) is 0 Å². The lowest BCUT2D eigenvalue weighted by molar-refractivity contribution is -0.435. The van der Waals surface area contributed by atoms with Crippen LogP contribution in [0.5, 0.6) is 0 Å². The number of hydrogen-bond donors (Lipinski definition) is 0. The number of hydrogen-bond acceptors (Lipinski definition) is 2. The molecule has 0 aliphatic heterocycles. The maximum absolute atomic E-state index is 10.6. The summed E-state index contributed by atoms with van der Waals surface area (Å²) in [7, 11) is 1.33. The molecule has 3 heteroatoms. The van der Waals surface area contributed by atoms with Gasteiger partial charge in [0.05, 0.1) is 7.11 Å². The zero-order chi connectivity index (χ0) is 7.98. The second kappa shape index (κ2) is 4.73. The van der Waals surface area contributed by atoms with E-state index >= 15 is 0 Å². The number of nitrogens with zero attached hydrogens (tertiary/aromatic N) is 1. The van der Waals surface area contributed by atoms with Crippen molar-refractivity contribution in [3.63, 3.8) is 0 Å². The van der Waals surface area contributed by atoms with Gasteiger partial charge in [-0.25, -0.2) is 0 Å². The molecule has 0 aromatic heterocycles. The molecule has 56 valence electrons. The fourth-order valence-electron chi connectivity index (χ4n) is 0.468. The maximum atomic E-state index is 10.6. The lowest BCUT2D eigenvalue weighted by Gasteiger charge is -1.93. The highest BCUT2D eigenvalue weighted by molar-refractivity contribution is 5.59. The Morgan fingerprint density at radius 1 is 1.80 bits per heavy atom. The molecular formula is C7H12NO2+. The molecule has 0 spiro atoms. The molecule has 0 aliphatic carbocycles. The van der Waals surface area contributed by atoms with Crippen molar-refractivity contribution in [2.45, 2.75) is 6.42 Å². The van der Waals surface area contributed by atoms with Crippen molar-refractivity contribution in [2.24, 2.45) is 0 Å². The van der Waals surface area contributed by atoms with Gasteiger partial charge in [0, 0.05) is 6.42 Å². The minimum absolute atomic E-state index is 0.415. The van der Waals surface area contributed by atoms with E-state index in [0.29, 0.717) is 6.54 Å². The van der Waals surface area contributed by atoms with Crippen LogP contribution in [0.4, 0.5) is 4.79 Å². The molecule has 0 atom stereocenters. The largest absolute Gasteiger partial charge is 0.595 e. The molecule has 0 aromatic rings. The normalized spacial score (nSPS) is 8.50. The number of amides is 1. The number of rotatable bonds is 3. The highest BCUT2D eigenvalue weighted by Gasteiger charge is 2.12. The first kappa shape index (κ1) is 8.88. The van der Waals surface area contributed by atoms with E-state index in [2.05, 4.69) is 18.0 Å². The standard InChI is InChI=1S/C7H12NO2/c1-4-5-6-8(2)7(9)10-3/h4H,1-2,5-6H2,3H3/q+1. The minimum atomic E-state index is -0.415. The lowest BCUT2D eigenvalue weighted by Crippen LogP contribution is -2.19. The van der Waals surface area contributed by atoms with Gasteiger partial charge in [0.1, 0.15) is 6.72 Å². The van der Waals surface area contributed by atoms with E-state index in [1.54, 1.807) is 6.08 Å². The first-order valence-electron chi connectivity index (χ1n) is 2.99. The van der Waals surface area contributed by atoms with Crippen LogP contribution in [0.1, 0.15) is 6.42 Å². The third-order valence-electron chi connectivity index (χ3n) is 1.04. The number of ether oxygens (including phenoxy) is 1. The summed E-state index contributed by atoms with van der Waals surface area (Å²) in [6.07, 6.45) is 2.04. The van der Waals surface area contributed by atoms with Crippen LogP contribution in [0.3, 0.4) is 0 Å². The minimum Gasteiger partial charge on any atom is -0.415 e. The predicted octanol–water partition coefficient (Wildman–Crippen LogP) is 1.04. The molecule has 0 aliphatic rings. The monoisotopic (exact) mass is 142 g/mol. The van der Waals surface area contributed by atoms with Crippen molar-refractivity contribution < 1.29 is 14.1 Å². The van der Waals surface area contributed by atoms with Gasteiger partial charge in [-0.05, 0) is 0 Å². The molecule has 0 radical (unpaired) electrons. The SMILES string of the molecule is C=CCC[N+](=C)C(=O)OC. The zero-order valence-corrected chi connectivity index (χ0v) is 6.17. The second-order valence-electron chi connectivity index (χ2n) is 1.81. The summed E-state index contributed by atoms with van der Waals surface area (Å²) >= 11 is 0. The Hall–Kier alpha value is -1.12. The summed E-state index contributed by atoms with van der Waals surface area (Å²) in [5.41, 5.74) is 0. The van der Waals surface area contributed by atoms with Crippen LogP contribution < -0.4 is 0 Å². The number of carbonyl (C=O) groups excluding carboxylic acids is 1. The Labute approximate surface area is 60.6 Å². The fourth-order valence-corrected chi connectivity index (χ4v) is 0.468. The van der Waals surface area contributed by atoms with Crippen molar-refractivity contribution in [3.05, 3.63) is 12.7 Å². The van der Waals surface area contributed by atoms with Crippen LogP contribution in [0.2, 0.25) is 0 Å². The Morgan fingerprint density at radius 2 is 2.40 bits per heavy atom. The third kappa shape index (κ3) is 3.02. The number of carbonyl (C=O) groups is 1. The molecule has 0 saturated heterocycles. The van der Waals surface area contributed by atoms with Gasteiger partial charge in [0.25, 0.3) is 0 Å². The van der Waals surface area contributed by atoms with E-state index < -0.39 is 6.09 Å². The van der Waals surface area contributed by atoms with Crippen LogP contribution >= 0.6 is 0 Å². The van der Waals surface area contributed by atoms with E-state index in [1.165, 1.54) is 11.7 Å². The maximum Gasteiger partial charge on any atom is 0.595 e. The van der Waals surface area contributed by atoms with E-state index in [1.807, 2.05) is 0 Å². The average molecular weight is 142 g/mol. The van der Waals surface area contributed by atoms with Gasteiger partial charge >= 0.3 is 6.09 Å². The topological polar surface area (TPSA) is 29.3 Å². The molecule has 0 heterocycles. The van der Waals surface area contributed by atoms with Crippen LogP contribution in [-0.2, 0) is 4.74 Å². The molecule has 0 aromatic carbocycles. The molecule has 1 amide bonds. The van der Waals surface area contributed by atoms with Crippen molar-refractivity contribution in [3.8, 4) is 0 Å². The van der Waals surface area contributed by atoms with E-state index in [4.69, 9.17) is 0 Å². The van der Waals surface area contributed by atoms with Crippen molar-refractivity contribution >= 4 is 12.8 Å². The quantitative estimate of drug-likeness (QED) is 0.335. The van der Waals surface area contributed by atoms with Crippen molar-refractivity contribution in [2.75, 3.05) is 13.7 Å². The third-order valence-corrected chi connectivity index (χ3v) is 1.04. The van der Waals surface area contributed by atoms with E-state index in [0.717, 1.165) is 6.42 Å². The average Bonchev–Trinajstić information content (AvgIpc) is 1.98. The Morgan fingerprint density at radius 3 is 2.80 bits per heavy atom. The van der Waals surface area contributed by atoms with Gasteiger partial charge in [-0.2, -0.15) is 4.79 Å². The Kier molecular flexibility index (Phi) is 4.20. The summed E-state index contributed by atoms with van der Waals surface area (Å²) in [5.74, 6) is 0. The first-order valence-corrected chi connectivity index (χ1v) is 2.99. The van der Waals surface area contributed by atoms with Gasteiger partial charge in [0.2, 0.25) is 0 Å². The second-order valence-corrected chi connectivity index (χ2v) is 1.81. The molecule has 0 unspecified atom stereocenters. The molecule has 0 saturated carbocycles.